The molecule has 2 aliphatic heterocycles. The van der Waals surface area contributed by atoms with Crippen molar-refractivity contribution in [3.8, 4) is 11.5 Å². The van der Waals surface area contributed by atoms with Gasteiger partial charge in [-0.1, -0.05) is 84.9 Å². The first-order valence-corrected chi connectivity index (χ1v) is 15.3. The molecule has 9 nitrogen and oxygen atoms in total. The molecule has 0 radical (unpaired) electrons. The summed E-state index contributed by atoms with van der Waals surface area (Å²) in [5.41, 5.74) is 1.31. The highest BCUT2D eigenvalue weighted by Crippen LogP contribution is 2.52. The predicted molar refractivity (Wildman–Crippen MR) is 170 cm³/mol. The number of amides is 1. The topological polar surface area (TPSA) is 112 Å². The number of aliphatic hydroxyl groups excluding tert-OH is 1. The van der Waals surface area contributed by atoms with Crippen LogP contribution in [0.2, 0.25) is 0 Å². The number of benzene rings is 4. The third-order valence-corrected chi connectivity index (χ3v) is 8.67. The summed E-state index contributed by atoms with van der Waals surface area (Å²) >= 11 is 3.41. The summed E-state index contributed by atoms with van der Waals surface area (Å²) in [6.45, 7) is 0.0177. The van der Waals surface area contributed by atoms with E-state index in [2.05, 4.69) is 26.2 Å². The van der Waals surface area contributed by atoms with Crippen LogP contribution in [0.3, 0.4) is 0 Å². The van der Waals surface area contributed by atoms with Crippen molar-refractivity contribution in [2.24, 2.45) is 0 Å². The van der Waals surface area contributed by atoms with Gasteiger partial charge in [0, 0.05) is 29.3 Å². The number of aliphatic hydroxyl groups is 1. The highest BCUT2D eigenvalue weighted by atomic mass is 79.9. The zero-order chi connectivity index (χ0) is 31.0. The fraction of sp³-hybridized carbons (Fsp3) is 0.171. The van der Waals surface area contributed by atoms with Crippen molar-refractivity contribution >= 4 is 27.7 Å². The number of ether oxygens (including phenoxy) is 3. The second-order valence-electron chi connectivity index (χ2n) is 10.8. The van der Waals surface area contributed by atoms with Crippen molar-refractivity contribution < 1.29 is 24.1 Å². The molecule has 2 aliphatic rings. The van der Waals surface area contributed by atoms with Crippen LogP contribution in [-0.4, -0.2) is 39.4 Å². The van der Waals surface area contributed by atoms with Crippen molar-refractivity contribution in [3.63, 3.8) is 0 Å². The Balaban J connectivity index is 1.16. The number of aromatic nitrogens is 2. The first-order valence-electron chi connectivity index (χ1n) is 14.5. The van der Waals surface area contributed by atoms with Crippen molar-refractivity contribution in [2.45, 2.75) is 30.5 Å². The number of rotatable bonds is 7. The normalized spacial score (nSPS) is 19.6. The van der Waals surface area contributed by atoms with Gasteiger partial charge in [0.2, 0.25) is 0 Å². The molecule has 226 valence electrons. The van der Waals surface area contributed by atoms with Crippen LogP contribution in [0.1, 0.15) is 39.7 Å². The molecule has 4 aromatic carbocycles. The van der Waals surface area contributed by atoms with E-state index in [1.807, 2.05) is 84.9 Å². The lowest BCUT2D eigenvalue weighted by Gasteiger charge is -2.41. The van der Waals surface area contributed by atoms with Gasteiger partial charge in [-0.15, -0.1) is 0 Å². The minimum absolute atomic E-state index is 0.0177. The highest BCUT2D eigenvalue weighted by Gasteiger charge is 2.46. The fourth-order valence-electron chi connectivity index (χ4n) is 5.93. The van der Waals surface area contributed by atoms with Crippen LogP contribution in [0.4, 0.5) is 5.82 Å². The molecule has 0 aliphatic carbocycles. The summed E-state index contributed by atoms with van der Waals surface area (Å²) < 4.78 is 21.1. The molecule has 1 amide bonds. The van der Waals surface area contributed by atoms with E-state index in [0.717, 1.165) is 16.7 Å². The van der Waals surface area contributed by atoms with Crippen molar-refractivity contribution in [2.75, 3.05) is 11.9 Å². The Bertz CT molecular complexity index is 1870. The largest absolute Gasteiger partial charge is 0.457 e. The molecule has 10 heteroatoms. The Labute approximate surface area is 267 Å². The molecule has 7 rings (SSSR count). The van der Waals surface area contributed by atoms with Gasteiger partial charge in [0.15, 0.2) is 11.4 Å². The minimum Gasteiger partial charge on any atom is -0.457 e. The third kappa shape index (κ3) is 5.36. The molecule has 1 fully saturated rings. The SMILES string of the molecule is O=C(Nc1nc(=O)n([C@H]2C[C@H](O)[C@@H](COC3(c4ccccc4)c4ccccc4Oc4ccccc43)O2)cc1Br)c1ccccc1. The number of carbonyl (C=O) groups is 1. The molecule has 0 spiro atoms. The molecule has 1 saturated heterocycles. The molecular weight excluding hydrogens is 638 g/mol. The van der Waals surface area contributed by atoms with Gasteiger partial charge >= 0.3 is 5.69 Å². The smallest absolute Gasteiger partial charge is 0.351 e. The number of halogens is 1. The lowest BCUT2D eigenvalue weighted by atomic mass is 9.77. The zero-order valence-corrected chi connectivity index (χ0v) is 25.5. The predicted octanol–water partition coefficient (Wildman–Crippen LogP) is 6.02. The van der Waals surface area contributed by atoms with E-state index in [0.29, 0.717) is 21.5 Å². The molecule has 0 unspecified atom stereocenters. The lowest BCUT2D eigenvalue weighted by molar-refractivity contribution is -0.0961. The average molecular weight is 667 g/mol. The third-order valence-electron chi connectivity index (χ3n) is 8.09. The van der Waals surface area contributed by atoms with Crippen LogP contribution in [0, 0.1) is 0 Å². The van der Waals surface area contributed by atoms with E-state index in [-0.39, 0.29) is 18.8 Å². The molecule has 3 heterocycles. The Morgan fingerprint density at radius 1 is 0.933 bits per heavy atom. The number of fused-ring (bicyclic) bond motifs is 2. The van der Waals surface area contributed by atoms with Crippen LogP contribution in [0.15, 0.2) is 125 Å². The maximum Gasteiger partial charge on any atom is 0.351 e. The van der Waals surface area contributed by atoms with Crippen molar-refractivity contribution in [1.29, 1.82) is 0 Å². The van der Waals surface area contributed by atoms with Crippen LogP contribution in [0.25, 0.3) is 0 Å². The second-order valence-corrected chi connectivity index (χ2v) is 11.7. The van der Waals surface area contributed by atoms with Gasteiger partial charge in [0.25, 0.3) is 5.91 Å². The Hall–Kier alpha value is -4.61. The number of nitrogens with one attached hydrogen (secondary N) is 1. The molecular formula is C35H28BrN3O6. The first-order chi connectivity index (χ1) is 21.9. The van der Waals surface area contributed by atoms with Crippen molar-refractivity contribution in [1.82, 2.24) is 9.55 Å². The highest BCUT2D eigenvalue weighted by molar-refractivity contribution is 9.10. The maximum atomic E-state index is 13.1. The fourth-order valence-corrected chi connectivity index (χ4v) is 6.34. The van der Waals surface area contributed by atoms with Gasteiger partial charge in [-0.25, -0.2) is 4.79 Å². The van der Waals surface area contributed by atoms with Crippen LogP contribution < -0.4 is 15.7 Å². The number of hydrogen-bond donors (Lipinski definition) is 2. The number of nitrogens with zero attached hydrogens (tertiary/aromatic N) is 2. The number of carbonyl (C=O) groups excluding carboxylic acids is 1. The zero-order valence-electron chi connectivity index (χ0n) is 23.9. The Morgan fingerprint density at radius 2 is 1.53 bits per heavy atom. The standard InChI is InChI=1S/C35H28BrN3O6/c36-26-20-39(34(42)38-32(26)37-33(41)22-11-3-1-4-12-22)31-19-27(40)30(45-31)21-43-35(23-13-5-2-6-14-23)24-15-7-9-17-28(24)44-29-18-10-8-16-25(29)35/h1-18,20,27,30-31,40H,19,21H2,(H,37,38,41,42)/t27-,30+,31+/m0/s1. The average Bonchev–Trinajstić information content (AvgIpc) is 3.45. The van der Waals surface area contributed by atoms with Crippen LogP contribution in [0.5, 0.6) is 11.5 Å². The molecule has 1 aromatic heterocycles. The summed E-state index contributed by atoms with van der Waals surface area (Å²) in [6.07, 6.45) is -0.817. The van der Waals surface area contributed by atoms with Crippen LogP contribution >= 0.6 is 15.9 Å². The number of hydrogen-bond acceptors (Lipinski definition) is 7. The number of anilines is 1. The van der Waals surface area contributed by atoms with E-state index in [9.17, 15) is 14.7 Å². The van der Waals surface area contributed by atoms with Gasteiger partial charge in [-0.3, -0.25) is 9.36 Å². The lowest BCUT2D eigenvalue weighted by Crippen LogP contribution is -2.39. The van der Waals surface area contributed by atoms with Gasteiger partial charge in [0.05, 0.1) is 17.2 Å². The molecule has 2 N–H and O–H groups in total. The molecule has 45 heavy (non-hydrogen) atoms. The van der Waals surface area contributed by atoms with Gasteiger partial charge in [0.1, 0.15) is 23.8 Å². The first kappa shape index (κ1) is 29.1. The summed E-state index contributed by atoms with van der Waals surface area (Å²) in [4.78, 5) is 29.8. The van der Waals surface area contributed by atoms with E-state index < -0.39 is 35.6 Å². The molecule has 3 atom stereocenters. The van der Waals surface area contributed by atoms with E-state index in [1.54, 1.807) is 24.3 Å². The van der Waals surface area contributed by atoms with E-state index >= 15 is 0 Å². The Kier molecular flexibility index (Phi) is 7.80. The summed E-state index contributed by atoms with van der Waals surface area (Å²) in [7, 11) is 0. The summed E-state index contributed by atoms with van der Waals surface area (Å²) in [5.74, 6) is 1.04. The summed E-state index contributed by atoms with van der Waals surface area (Å²) in [6, 6.07) is 34.0. The van der Waals surface area contributed by atoms with Gasteiger partial charge in [-0.05, 0) is 45.8 Å². The van der Waals surface area contributed by atoms with Gasteiger partial charge < -0.3 is 24.6 Å². The summed E-state index contributed by atoms with van der Waals surface area (Å²) in [5, 5.41) is 13.8. The van der Waals surface area contributed by atoms with E-state index in [1.165, 1.54) is 10.8 Å². The quantitative estimate of drug-likeness (QED) is 0.219. The van der Waals surface area contributed by atoms with Crippen LogP contribution in [-0.2, 0) is 15.1 Å². The monoisotopic (exact) mass is 665 g/mol. The number of para-hydroxylation sites is 2. The molecule has 0 saturated carbocycles. The van der Waals surface area contributed by atoms with E-state index in [4.69, 9.17) is 14.2 Å². The van der Waals surface area contributed by atoms with Gasteiger partial charge in [-0.2, -0.15) is 4.98 Å². The Morgan fingerprint density at radius 3 is 2.20 bits per heavy atom. The molecule has 0 bridgehead atoms. The van der Waals surface area contributed by atoms with Crippen molar-refractivity contribution in [3.05, 3.63) is 153 Å². The second kappa shape index (κ2) is 12.1. The maximum absolute atomic E-state index is 13.1. The molecule has 5 aromatic rings. The minimum atomic E-state index is -1.05.